The lowest BCUT2D eigenvalue weighted by Crippen LogP contribution is -2.67. The van der Waals surface area contributed by atoms with E-state index in [4.69, 9.17) is 11.6 Å². The minimum Gasteiger partial charge on any atom is -0.322 e. The van der Waals surface area contributed by atoms with Gasteiger partial charge in [0, 0.05) is 19.2 Å². The molecule has 2 amide bonds. The van der Waals surface area contributed by atoms with E-state index in [2.05, 4.69) is 4.98 Å². The Morgan fingerprint density at radius 3 is 2.39 bits per heavy atom. The number of ketones is 1. The normalized spacial score (nSPS) is 19.2. The van der Waals surface area contributed by atoms with Gasteiger partial charge in [-0.3, -0.25) is 14.5 Å². The van der Waals surface area contributed by atoms with Crippen molar-refractivity contribution < 1.29 is 31.9 Å². The number of alkyl halides is 3. The highest BCUT2D eigenvalue weighted by atomic mass is 35.5. The number of piperazine rings is 1. The van der Waals surface area contributed by atoms with Gasteiger partial charge in [0.05, 0.1) is 10.6 Å². The summed E-state index contributed by atoms with van der Waals surface area (Å²) < 4.78 is 53.1. The molecule has 6 nitrogen and oxygen atoms in total. The number of nitrogens with zero attached hydrogens (tertiary/aromatic N) is 3. The van der Waals surface area contributed by atoms with Gasteiger partial charge < -0.3 is 9.69 Å². The first-order chi connectivity index (χ1) is 15.3. The zero-order chi connectivity index (χ0) is 24.6. The molecule has 1 saturated heterocycles. The Labute approximate surface area is 192 Å². The molecular weight excluding hydrogens is 466 g/mol. The van der Waals surface area contributed by atoms with Crippen LogP contribution in [0.15, 0.2) is 36.5 Å². The zero-order valence-corrected chi connectivity index (χ0v) is 18.5. The summed E-state index contributed by atoms with van der Waals surface area (Å²) in [7, 11) is 0. The monoisotopic (exact) mass is 485 g/mol. The smallest absolute Gasteiger partial charge is 0.322 e. The van der Waals surface area contributed by atoms with Crippen LogP contribution in [0.2, 0.25) is 5.02 Å². The summed E-state index contributed by atoms with van der Waals surface area (Å²) in [6.07, 6.45) is -3.47. The summed E-state index contributed by atoms with van der Waals surface area (Å²) in [5, 5.41) is 0.00954. The van der Waals surface area contributed by atoms with E-state index in [-0.39, 0.29) is 36.0 Å². The van der Waals surface area contributed by atoms with Crippen molar-refractivity contribution in [2.45, 2.75) is 44.9 Å². The van der Waals surface area contributed by atoms with Gasteiger partial charge in [0.1, 0.15) is 17.9 Å². The topological polar surface area (TPSA) is 70.6 Å². The van der Waals surface area contributed by atoms with E-state index in [1.54, 1.807) is 0 Å². The molecule has 2 heterocycles. The van der Waals surface area contributed by atoms with E-state index in [1.807, 2.05) is 0 Å². The van der Waals surface area contributed by atoms with E-state index in [0.29, 0.717) is 5.56 Å². The second kappa shape index (κ2) is 9.09. The lowest BCUT2D eigenvalue weighted by atomic mass is 9.87. The van der Waals surface area contributed by atoms with Gasteiger partial charge in [0.25, 0.3) is 5.91 Å². The molecule has 0 bridgehead atoms. The number of carbonyl (C=O) groups excluding carboxylic acids is 3. The third-order valence-electron chi connectivity index (χ3n) is 5.53. The fourth-order valence-corrected chi connectivity index (χ4v) is 3.80. The highest BCUT2D eigenvalue weighted by Gasteiger charge is 2.50. The predicted octanol–water partition coefficient (Wildman–Crippen LogP) is 4.40. The van der Waals surface area contributed by atoms with Crippen LogP contribution in [-0.2, 0) is 27.1 Å². The lowest BCUT2D eigenvalue weighted by molar-refractivity contribution is -0.151. The van der Waals surface area contributed by atoms with Gasteiger partial charge in [-0.25, -0.2) is 9.37 Å². The first-order valence-electron chi connectivity index (χ1n) is 9.92. The second-order valence-corrected chi connectivity index (χ2v) is 8.44. The van der Waals surface area contributed by atoms with E-state index in [0.717, 1.165) is 29.3 Å². The number of carbonyl (C=O) groups is 3. The number of pyridine rings is 1. The molecule has 1 fully saturated rings. The maximum Gasteiger partial charge on any atom is 0.416 e. The number of aromatic nitrogens is 1. The highest BCUT2D eigenvalue weighted by molar-refractivity contribution is 6.30. The Bertz CT molecular complexity index is 1090. The van der Waals surface area contributed by atoms with Gasteiger partial charge >= 0.3 is 6.18 Å². The van der Waals surface area contributed by atoms with Gasteiger partial charge in [-0.05, 0) is 44.0 Å². The van der Waals surface area contributed by atoms with E-state index in [9.17, 15) is 31.9 Å². The van der Waals surface area contributed by atoms with Crippen molar-refractivity contribution in [1.82, 2.24) is 9.88 Å². The minimum absolute atomic E-state index is 0.00954. The van der Waals surface area contributed by atoms with Crippen LogP contribution in [0.3, 0.4) is 0 Å². The van der Waals surface area contributed by atoms with Crippen LogP contribution < -0.4 is 4.90 Å². The molecule has 0 spiro atoms. The molecule has 176 valence electrons. The Balaban J connectivity index is 1.96. The van der Waals surface area contributed by atoms with E-state index in [1.165, 1.54) is 30.9 Å². The molecule has 0 radical (unpaired) electrons. The van der Waals surface area contributed by atoms with E-state index >= 15 is 0 Å². The summed E-state index contributed by atoms with van der Waals surface area (Å²) in [5.74, 6) is -2.73. The van der Waals surface area contributed by atoms with Gasteiger partial charge in [0.2, 0.25) is 5.91 Å². The maximum atomic E-state index is 14.5. The number of Topliss-reactive ketones (excluding diaryl/α,β-unsaturated/α-hetero) is 1. The van der Waals surface area contributed by atoms with Crippen molar-refractivity contribution in [3.05, 3.63) is 58.5 Å². The molecule has 0 saturated carbocycles. The van der Waals surface area contributed by atoms with Crippen LogP contribution in [0.25, 0.3) is 0 Å². The summed E-state index contributed by atoms with van der Waals surface area (Å²) in [5.41, 5.74) is -2.04. The van der Waals surface area contributed by atoms with Crippen LogP contribution in [0.5, 0.6) is 0 Å². The van der Waals surface area contributed by atoms with Crippen LogP contribution in [0, 0.1) is 5.82 Å². The number of amides is 2. The largest absolute Gasteiger partial charge is 0.416 e. The van der Waals surface area contributed by atoms with Crippen molar-refractivity contribution >= 4 is 35.0 Å². The molecule has 2 aromatic rings. The molecule has 0 aliphatic carbocycles. The molecule has 1 aliphatic heterocycles. The zero-order valence-electron chi connectivity index (χ0n) is 17.7. The Hall–Kier alpha value is -3.01. The quantitative estimate of drug-likeness (QED) is 0.569. The van der Waals surface area contributed by atoms with Crippen LogP contribution in [0.4, 0.5) is 23.4 Å². The van der Waals surface area contributed by atoms with Gasteiger partial charge in [-0.15, -0.1) is 0 Å². The van der Waals surface area contributed by atoms with Crippen molar-refractivity contribution in [2.75, 3.05) is 11.4 Å². The third-order valence-corrected chi connectivity index (χ3v) is 5.73. The highest BCUT2D eigenvalue weighted by Crippen LogP contribution is 2.34. The minimum atomic E-state index is -4.51. The molecular formula is C22H20ClF4N3O3. The molecule has 1 aromatic heterocycles. The fraction of sp³-hybridized carbons (Fsp3) is 0.364. The van der Waals surface area contributed by atoms with Crippen molar-refractivity contribution in [2.24, 2.45) is 0 Å². The average molecular weight is 486 g/mol. The third kappa shape index (κ3) is 5.16. The molecule has 1 aromatic carbocycles. The lowest BCUT2D eigenvalue weighted by Gasteiger charge is -2.47. The first-order valence-corrected chi connectivity index (χ1v) is 10.3. The van der Waals surface area contributed by atoms with Crippen LogP contribution in [0.1, 0.15) is 37.8 Å². The number of benzene rings is 1. The van der Waals surface area contributed by atoms with E-state index < -0.39 is 41.5 Å². The predicted molar refractivity (Wildman–Crippen MR) is 112 cm³/mol. The fourth-order valence-electron chi connectivity index (χ4n) is 3.66. The average Bonchev–Trinajstić information content (AvgIpc) is 2.73. The number of hydrogen-bond acceptors (Lipinski definition) is 4. The molecule has 33 heavy (non-hydrogen) atoms. The van der Waals surface area contributed by atoms with Gasteiger partial charge in [-0.1, -0.05) is 23.7 Å². The molecule has 0 unspecified atom stereocenters. The SMILES string of the molecule is CC(=O)CC[C@@]1(C)C(=O)N(c2ncc(Cl)cc2F)CC(=O)N1Cc1ccc(C(F)(F)F)cc1. The molecule has 3 rings (SSSR count). The number of hydrogen-bond donors (Lipinski definition) is 0. The molecule has 11 heteroatoms. The molecule has 1 aliphatic rings. The number of rotatable bonds is 6. The Kier molecular flexibility index (Phi) is 6.78. The van der Waals surface area contributed by atoms with Crippen LogP contribution >= 0.6 is 11.6 Å². The maximum absolute atomic E-state index is 14.5. The van der Waals surface area contributed by atoms with Crippen molar-refractivity contribution in [1.29, 1.82) is 0 Å². The Morgan fingerprint density at radius 2 is 1.85 bits per heavy atom. The second-order valence-electron chi connectivity index (χ2n) is 8.00. The number of anilines is 1. The van der Waals surface area contributed by atoms with Crippen molar-refractivity contribution in [3.8, 4) is 0 Å². The summed E-state index contributed by atoms with van der Waals surface area (Å²) >= 11 is 5.73. The van der Waals surface area contributed by atoms with Gasteiger partial charge in [-0.2, -0.15) is 13.2 Å². The number of halogens is 5. The molecule has 1 atom stereocenters. The van der Waals surface area contributed by atoms with Gasteiger partial charge in [0.15, 0.2) is 11.6 Å². The van der Waals surface area contributed by atoms with Crippen molar-refractivity contribution in [3.63, 3.8) is 0 Å². The summed E-state index contributed by atoms with van der Waals surface area (Å²) in [6.45, 7) is 2.08. The first kappa shape index (κ1) is 24.6. The summed E-state index contributed by atoms with van der Waals surface area (Å²) in [4.78, 5) is 44.1. The van der Waals surface area contributed by atoms with Crippen LogP contribution in [-0.4, -0.2) is 39.6 Å². The Morgan fingerprint density at radius 1 is 1.21 bits per heavy atom. The standard InChI is InChI=1S/C22H20ClF4N3O3/c1-13(31)7-8-21(2)20(33)29(19-17(24)9-16(23)10-28-19)12-18(32)30(21)11-14-3-5-15(6-4-14)22(25,26)27/h3-6,9-10H,7-8,11-12H2,1-2H3/t21-/m0/s1. The summed E-state index contributed by atoms with van der Waals surface area (Å²) in [6, 6.07) is 5.18. The molecule has 0 N–H and O–H groups in total.